The Bertz CT molecular complexity index is 555. The van der Waals surface area contributed by atoms with Gasteiger partial charge in [-0.2, -0.15) is 5.26 Å². The minimum atomic E-state index is 0.188. The lowest BCUT2D eigenvalue weighted by Crippen LogP contribution is -2.10. The molecule has 0 radical (unpaired) electrons. The molecule has 5 heteroatoms. The Balaban J connectivity index is 2.25. The van der Waals surface area contributed by atoms with Crippen molar-refractivity contribution in [2.45, 2.75) is 26.0 Å². The van der Waals surface area contributed by atoms with E-state index in [0.29, 0.717) is 5.56 Å². The average molecular weight is 230 g/mol. The Labute approximate surface area is 99.6 Å². The van der Waals surface area contributed by atoms with Gasteiger partial charge < -0.3 is 4.74 Å². The van der Waals surface area contributed by atoms with Crippen molar-refractivity contribution in [1.82, 2.24) is 15.0 Å². The summed E-state index contributed by atoms with van der Waals surface area (Å²) in [5, 5.41) is 17.0. The van der Waals surface area contributed by atoms with Crippen molar-refractivity contribution in [2.75, 3.05) is 7.11 Å². The van der Waals surface area contributed by atoms with Crippen molar-refractivity contribution in [3.63, 3.8) is 0 Å². The molecule has 1 aromatic heterocycles. The number of aromatic nitrogens is 3. The molecule has 0 aliphatic rings. The van der Waals surface area contributed by atoms with E-state index in [1.165, 1.54) is 0 Å². The SMILES string of the molecule is COC(C)CCn1nnc2ccc(C#N)cc21. The van der Waals surface area contributed by atoms with Crippen LogP contribution in [-0.2, 0) is 11.3 Å². The van der Waals surface area contributed by atoms with Crippen molar-refractivity contribution < 1.29 is 4.74 Å². The summed E-state index contributed by atoms with van der Waals surface area (Å²) in [6.07, 6.45) is 1.06. The molecule has 5 nitrogen and oxygen atoms in total. The third kappa shape index (κ3) is 2.43. The topological polar surface area (TPSA) is 63.7 Å². The van der Waals surface area contributed by atoms with Crippen LogP contribution < -0.4 is 0 Å². The molecule has 0 saturated heterocycles. The highest BCUT2D eigenvalue weighted by Crippen LogP contribution is 2.13. The highest BCUT2D eigenvalue weighted by Gasteiger charge is 2.07. The molecule has 0 fully saturated rings. The van der Waals surface area contributed by atoms with Crippen LogP contribution in [0, 0.1) is 11.3 Å². The number of methoxy groups -OCH3 is 1. The van der Waals surface area contributed by atoms with Gasteiger partial charge in [0.05, 0.1) is 23.3 Å². The van der Waals surface area contributed by atoms with Crippen LogP contribution in [0.3, 0.4) is 0 Å². The van der Waals surface area contributed by atoms with E-state index in [4.69, 9.17) is 10.00 Å². The minimum absolute atomic E-state index is 0.188. The minimum Gasteiger partial charge on any atom is -0.382 e. The first-order valence-corrected chi connectivity index (χ1v) is 5.50. The van der Waals surface area contributed by atoms with Gasteiger partial charge in [0, 0.05) is 13.7 Å². The zero-order valence-corrected chi connectivity index (χ0v) is 9.92. The summed E-state index contributed by atoms with van der Waals surface area (Å²) in [5.41, 5.74) is 2.34. The number of aryl methyl sites for hydroxylation is 1. The van der Waals surface area contributed by atoms with Crippen LogP contribution in [0.4, 0.5) is 0 Å². The monoisotopic (exact) mass is 230 g/mol. The second-order valence-electron chi connectivity index (χ2n) is 3.96. The zero-order valence-electron chi connectivity index (χ0n) is 9.92. The van der Waals surface area contributed by atoms with E-state index in [1.807, 2.05) is 23.7 Å². The first-order valence-electron chi connectivity index (χ1n) is 5.50. The number of benzene rings is 1. The standard InChI is InChI=1S/C12H14N4O/c1-9(17-2)5-6-16-12-7-10(8-13)3-4-11(12)14-15-16/h3-4,7,9H,5-6H2,1-2H3. The Kier molecular flexibility index (Phi) is 3.35. The van der Waals surface area contributed by atoms with Gasteiger partial charge in [0.1, 0.15) is 5.52 Å². The fourth-order valence-electron chi connectivity index (χ4n) is 1.62. The van der Waals surface area contributed by atoms with Crippen LogP contribution in [0.15, 0.2) is 18.2 Å². The fourth-order valence-corrected chi connectivity index (χ4v) is 1.62. The Morgan fingerprint density at radius 3 is 3.06 bits per heavy atom. The third-order valence-electron chi connectivity index (χ3n) is 2.79. The maximum absolute atomic E-state index is 8.86. The van der Waals surface area contributed by atoms with Crippen molar-refractivity contribution in [2.24, 2.45) is 0 Å². The fraction of sp³-hybridized carbons (Fsp3) is 0.417. The van der Waals surface area contributed by atoms with Crippen molar-refractivity contribution in [3.05, 3.63) is 23.8 Å². The molecular formula is C12H14N4O. The summed E-state index contributed by atoms with van der Waals surface area (Å²) in [4.78, 5) is 0. The number of nitriles is 1. The highest BCUT2D eigenvalue weighted by atomic mass is 16.5. The normalized spacial score (nSPS) is 12.5. The smallest absolute Gasteiger partial charge is 0.113 e. The molecule has 0 amide bonds. The van der Waals surface area contributed by atoms with E-state index in [1.54, 1.807) is 13.2 Å². The number of hydrogen-bond donors (Lipinski definition) is 0. The molecule has 2 rings (SSSR count). The number of nitrogens with zero attached hydrogens (tertiary/aromatic N) is 4. The van der Waals surface area contributed by atoms with Gasteiger partial charge >= 0.3 is 0 Å². The van der Waals surface area contributed by atoms with Crippen molar-refractivity contribution >= 4 is 11.0 Å². The zero-order chi connectivity index (χ0) is 12.3. The van der Waals surface area contributed by atoms with E-state index in [-0.39, 0.29) is 6.10 Å². The molecule has 17 heavy (non-hydrogen) atoms. The molecule has 1 atom stereocenters. The van der Waals surface area contributed by atoms with Gasteiger partial charge in [-0.3, -0.25) is 0 Å². The lowest BCUT2D eigenvalue weighted by atomic mass is 10.2. The number of rotatable bonds is 4. The van der Waals surface area contributed by atoms with Gasteiger partial charge in [-0.15, -0.1) is 5.10 Å². The summed E-state index contributed by atoms with van der Waals surface area (Å²) < 4.78 is 7.00. The predicted molar refractivity (Wildman–Crippen MR) is 63.3 cm³/mol. The molecular weight excluding hydrogens is 216 g/mol. The van der Waals surface area contributed by atoms with Crippen LogP contribution in [0.1, 0.15) is 18.9 Å². The quantitative estimate of drug-likeness (QED) is 0.802. The van der Waals surface area contributed by atoms with Crippen LogP contribution in [0.2, 0.25) is 0 Å². The van der Waals surface area contributed by atoms with Gasteiger partial charge in [0.15, 0.2) is 0 Å². The maximum Gasteiger partial charge on any atom is 0.113 e. The molecule has 0 N–H and O–H groups in total. The van der Waals surface area contributed by atoms with Crippen LogP contribution in [0.5, 0.6) is 0 Å². The van der Waals surface area contributed by atoms with Crippen LogP contribution in [0.25, 0.3) is 11.0 Å². The van der Waals surface area contributed by atoms with Crippen molar-refractivity contribution in [1.29, 1.82) is 5.26 Å². The molecule has 1 aromatic carbocycles. The van der Waals surface area contributed by atoms with E-state index in [0.717, 1.165) is 24.0 Å². The van der Waals surface area contributed by atoms with Crippen LogP contribution >= 0.6 is 0 Å². The summed E-state index contributed by atoms with van der Waals surface area (Å²) in [6, 6.07) is 7.50. The summed E-state index contributed by atoms with van der Waals surface area (Å²) >= 11 is 0. The highest BCUT2D eigenvalue weighted by molar-refractivity contribution is 5.75. The molecule has 0 saturated carbocycles. The first-order chi connectivity index (χ1) is 8.24. The van der Waals surface area contributed by atoms with Gasteiger partial charge in [-0.25, -0.2) is 4.68 Å². The lowest BCUT2D eigenvalue weighted by molar-refractivity contribution is 0.106. The van der Waals surface area contributed by atoms with Crippen molar-refractivity contribution in [3.8, 4) is 6.07 Å². The Morgan fingerprint density at radius 1 is 1.53 bits per heavy atom. The molecule has 0 spiro atoms. The largest absolute Gasteiger partial charge is 0.382 e. The van der Waals surface area contributed by atoms with Gasteiger partial charge in [-0.1, -0.05) is 5.21 Å². The number of ether oxygens (including phenoxy) is 1. The molecule has 1 heterocycles. The molecule has 0 bridgehead atoms. The second-order valence-corrected chi connectivity index (χ2v) is 3.96. The summed E-state index contributed by atoms with van der Waals surface area (Å²) in [7, 11) is 1.69. The molecule has 0 aliphatic heterocycles. The van der Waals surface area contributed by atoms with E-state index < -0.39 is 0 Å². The number of hydrogen-bond acceptors (Lipinski definition) is 4. The van der Waals surface area contributed by atoms with E-state index in [2.05, 4.69) is 16.4 Å². The van der Waals surface area contributed by atoms with Gasteiger partial charge in [0.2, 0.25) is 0 Å². The predicted octanol–water partition coefficient (Wildman–Crippen LogP) is 1.73. The van der Waals surface area contributed by atoms with Gasteiger partial charge in [0.25, 0.3) is 0 Å². The summed E-state index contributed by atoms with van der Waals surface area (Å²) in [6.45, 7) is 2.75. The maximum atomic E-state index is 8.86. The molecule has 0 aliphatic carbocycles. The number of fused-ring (bicyclic) bond motifs is 1. The average Bonchev–Trinajstić information content (AvgIpc) is 2.78. The Morgan fingerprint density at radius 2 is 2.35 bits per heavy atom. The molecule has 88 valence electrons. The van der Waals surface area contributed by atoms with Crippen LogP contribution in [-0.4, -0.2) is 28.2 Å². The van der Waals surface area contributed by atoms with Gasteiger partial charge in [-0.05, 0) is 31.5 Å². The second kappa shape index (κ2) is 4.93. The molecule has 1 unspecified atom stereocenters. The van der Waals surface area contributed by atoms with E-state index in [9.17, 15) is 0 Å². The first kappa shape index (κ1) is 11.6. The Hall–Kier alpha value is -1.93. The molecule has 2 aromatic rings. The van der Waals surface area contributed by atoms with E-state index >= 15 is 0 Å². The third-order valence-corrected chi connectivity index (χ3v) is 2.79. The summed E-state index contributed by atoms with van der Waals surface area (Å²) in [5.74, 6) is 0. The lowest BCUT2D eigenvalue weighted by Gasteiger charge is -2.08.